The predicted molar refractivity (Wildman–Crippen MR) is 165 cm³/mol. The summed E-state index contributed by atoms with van der Waals surface area (Å²) in [6.07, 6.45) is 1.81. The molecular formula is C29H34ClN5O4S2. The summed E-state index contributed by atoms with van der Waals surface area (Å²) in [7, 11) is -4.31. The number of nitrogens with zero attached hydrogens (tertiary/aromatic N) is 4. The number of halogens is 1. The zero-order valence-corrected chi connectivity index (χ0v) is 26.6. The van der Waals surface area contributed by atoms with Crippen molar-refractivity contribution in [2.45, 2.75) is 72.1 Å². The fourth-order valence-corrected chi connectivity index (χ4v) is 7.21. The van der Waals surface area contributed by atoms with Crippen LogP contribution in [0.4, 0.5) is 5.82 Å². The molecule has 0 aliphatic carbocycles. The van der Waals surface area contributed by atoms with E-state index in [0.717, 1.165) is 84.9 Å². The van der Waals surface area contributed by atoms with Crippen molar-refractivity contribution in [3.63, 3.8) is 0 Å². The highest BCUT2D eigenvalue weighted by Crippen LogP contribution is 2.40. The number of anilines is 1. The van der Waals surface area contributed by atoms with Gasteiger partial charge in [0.05, 0.1) is 23.1 Å². The second-order valence-corrected chi connectivity index (χ2v) is 13.3. The van der Waals surface area contributed by atoms with Crippen molar-refractivity contribution in [3.8, 4) is 11.1 Å². The summed E-state index contributed by atoms with van der Waals surface area (Å²) < 4.78 is 40.3. The van der Waals surface area contributed by atoms with Gasteiger partial charge in [0.2, 0.25) is 0 Å². The summed E-state index contributed by atoms with van der Waals surface area (Å²) in [6.45, 7) is 14.0. The van der Waals surface area contributed by atoms with Crippen LogP contribution in [0, 0.1) is 41.5 Å². The summed E-state index contributed by atoms with van der Waals surface area (Å²) in [5.74, 6) is 1.28. The first-order valence-corrected chi connectivity index (χ1v) is 15.7. The zero-order chi connectivity index (χ0) is 30.2. The van der Waals surface area contributed by atoms with Gasteiger partial charge in [0.25, 0.3) is 0 Å². The molecule has 218 valence electrons. The van der Waals surface area contributed by atoms with E-state index < -0.39 is 10.1 Å². The Labute approximate surface area is 249 Å². The van der Waals surface area contributed by atoms with E-state index >= 15 is 0 Å². The lowest BCUT2D eigenvalue weighted by atomic mass is 9.97. The van der Waals surface area contributed by atoms with Gasteiger partial charge in [-0.15, -0.1) is 11.3 Å². The molecule has 0 saturated heterocycles. The van der Waals surface area contributed by atoms with Crippen LogP contribution in [0.5, 0.6) is 0 Å². The van der Waals surface area contributed by atoms with Crippen LogP contribution in [0.15, 0.2) is 33.0 Å². The first-order chi connectivity index (χ1) is 19.2. The summed E-state index contributed by atoms with van der Waals surface area (Å²) in [5.41, 5.74) is 13.3. The van der Waals surface area contributed by atoms with E-state index in [1.165, 1.54) is 0 Å². The molecule has 0 aliphatic heterocycles. The molecule has 0 unspecified atom stereocenters. The Morgan fingerprint density at radius 2 is 1.80 bits per heavy atom. The van der Waals surface area contributed by atoms with E-state index in [0.29, 0.717) is 23.1 Å². The Bertz CT molecular complexity index is 1840. The second kappa shape index (κ2) is 11.9. The summed E-state index contributed by atoms with van der Waals surface area (Å²) >= 11 is 7.60. The molecule has 1 aromatic carbocycles. The van der Waals surface area contributed by atoms with Crippen LogP contribution in [0.2, 0.25) is 5.15 Å². The number of hydrogen-bond donors (Lipinski definition) is 2. The molecule has 0 aliphatic rings. The third-order valence-corrected chi connectivity index (χ3v) is 9.88. The third kappa shape index (κ3) is 6.33. The van der Waals surface area contributed by atoms with E-state index in [1.807, 2.05) is 70.5 Å². The molecule has 0 saturated carbocycles. The number of aryl methyl sites for hydroxylation is 5. The molecule has 5 aromatic rings. The summed E-state index contributed by atoms with van der Waals surface area (Å²) in [5, 5.41) is 9.45. The first kappa shape index (κ1) is 30.7. The van der Waals surface area contributed by atoms with E-state index in [2.05, 4.69) is 22.2 Å². The van der Waals surface area contributed by atoms with Gasteiger partial charge in [0.15, 0.2) is 15.2 Å². The van der Waals surface area contributed by atoms with Crippen molar-refractivity contribution in [2.24, 2.45) is 0 Å². The Kier molecular flexibility index (Phi) is 8.93. The second-order valence-electron chi connectivity index (χ2n) is 10.1. The number of rotatable bonds is 6. The van der Waals surface area contributed by atoms with Crippen molar-refractivity contribution in [3.05, 3.63) is 73.7 Å². The highest BCUT2D eigenvalue weighted by molar-refractivity contribution is 7.88. The van der Waals surface area contributed by atoms with Gasteiger partial charge < -0.3 is 10.3 Å². The topological polar surface area (TPSA) is 137 Å². The van der Waals surface area contributed by atoms with Crippen molar-refractivity contribution in [1.29, 1.82) is 0 Å². The molecule has 3 N–H and O–H groups in total. The molecule has 41 heavy (non-hydrogen) atoms. The highest BCUT2D eigenvalue weighted by atomic mass is 35.5. The maximum absolute atomic E-state index is 12.0. The minimum absolute atomic E-state index is 0.00960. The van der Waals surface area contributed by atoms with Crippen LogP contribution >= 0.6 is 22.9 Å². The smallest absolute Gasteiger partial charge is 0.304 e. The lowest BCUT2D eigenvalue weighted by molar-refractivity contribution is 0.399. The maximum Gasteiger partial charge on any atom is 0.304 e. The molecule has 0 bridgehead atoms. The number of aromatic nitrogens is 4. The molecule has 0 atom stereocenters. The average Bonchev–Trinajstić information content (AvgIpc) is 3.48. The standard InChI is InChI=1S/C24H26ClN3O3S2.C5H8N2O/c1-6-7-19-22-20(11-14(3)26-19)28(27-23(22)25)12-17-8-9-18(13(2)10-17)21-15(4)16(5)32-24(21)33(29,30)31;1-3-4(2)8-7-5(3)6/h8-11H,6-7,12H2,1-5H3,(H,29,30,31);1-2H3,(H2,6,7). The van der Waals surface area contributed by atoms with E-state index in [-0.39, 0.29) is 4.21 Å². The van der Waals surface area contributed by atoms with Crippen LogP contribution in [0.25, 0.3) is 22.0 Å². The molecule has 0 radical (unpaired) electrons. The number of thiophene rings is 1. The number of nitrogen functional groups attached to an aromatic ring is 1. The monoisotopic (exact) mass is 615 g/mol. The average molecular weight is 616 g/mol. The largest absolute Gasteiger partial charge is 0.381 e. The fourth-order valence-electron chi connectivity index (χ4n) is 4.70. The Hall–Kier alpha value is -3.25. The van der Waals surface area contributed by atoms with Crippen molar-refractivity contribution < 1.29 is 17.5 Å². The van der Waals surface area contributed by atoms with Gasteiger partial charge in [-0.1, -0.05) is 48.3 Å². The SMILES string of the molecule is CCCc1nc(C)cc2c1c(Cl)nn2Cc1ccc(-c2c(S(=O)(=O)O)sc(C)c2C)c(C)c1.Cc1onc(N)c1C. The van der Waals surface area contributed by atoms with Crippen LogP contribution in [0.3, 0.4) is 0 Å². The third-order valence-electron chi connectivity index (χ3n) is 7.05. The number of pyridine rings is 1. The van der Waals surface area contributed by atoms with Crippen molar-refractivity contribution in [1.82, 2.24) is 19.9 Å². The quantitative estimate of drug-likeness (QED) is 0.192. The van der Waals surface area contributed by atoms with Gasteiger partial charge in [-0.05, 0) is 76.3 Å². The number of benzene rings is 1. The van der Waals surface area contributed by atoms with Gasteiger partial charge in [-0.25, -0.2) is 0 Å². The predicted octanol–water partition coefficient (Wildman–Crippen LogP) is 7.17. The van der Waals surface area contributed by atoms with Crippen molar-refractivity contribution in [2.75, 3.05) is 5.73 Å². The van der Waals surface area contributed by atoms with E-state index in [1.54, 1.807) is 0 Å². The minimum Gasteiger partial charge on any atom is -0.381 e. The molecule has 4 aromatic heterocycles. The van der Waals surface area contributed by atoms with E-state index in [4.69, 9.17) is 21.9 Å². The molecule has 12 heteroatoms. The van der Waals surface area contributed by atoms with Crippen LogP contribution in [0.1, 0.15) is 57.6 Å². The molecule has 9 nitrogen and oxygen atoms in total. The normalized spacial score (nSPS) is 11.6. The number of nitrogens with two attached hydrogens (primary N) is 1. The number of fused-ring (bicyclic) bond motifs is 1. The van der Waals surface area contributed by atoms with Gasteiger partial charge in [0, 0.05) is 21.7 Å². The summed E-state index contributed by atoms with van der Waals surface area (Å²) in [6, 6.07) is 7.91. The molecule has 4 heterocycles. The Balaban J connectivity index is 0.000000417. The van der Waals surface area contributed by atoms with Crippen molar-refractivity contribution >= 4 is 49.8 Å². The zero-order valence-electron chi connectivity index (χ0n) is 24.2. The van der Waals surface area contributed by atoms with Crippen LogP contribution in [-0.2, 0) is 23.1 Å². The molecule has 0 fully saturated rings. The lowest BCUT2D eigenvalue weighted by Crippen LogP contribution is -2.04. The fraction of sp³-hybridized carbons (Fsp3) is 0.345. The molecule has 0 spiro atoms. The van der Waals surface area contributed by atoms with Crippen LogP contribution < -0.4 is 5.73 Å². The molecular weight excluding hydrogens is 582 g/mol. The molecule has 0 amide bonds. The Morgan fingerprint density at radius 3 is 2.34 bits per heavy atom. The van der Waals surface area contributed by atoms with Gasteiger partial charge in [-0.2, -0.15) is 13.5 Å². The first-order valence-electron chi connectivity index (χ1n) is 13.1. The minimum atomic E-state index is -4.31. The maximum atomic E-state index is 12.0. The van der Waals surface area contributed by atoms with Gasteiger partial charge in [-0.3, -0.25) is 14.2 Å². The van der Waals surface area contributed by atoms with Gasteiger partial charge in [0.1, 0.15) is 5.76 Å². The molecule has 5 rings (SSSR count). The summed E-state index contributed by atoms with van der Waals surface area (Å²) in [4.78, 5) is 5.53. The van der Waals surface area contributed by atoms with E-state index in [9.17, 15) is 13.0 Å². The Morgan fingerprint density at radius 1 is 1.10 bits per heavy atom. The van der Waals surface area contributed by atoms with Crippen LogP contribution in [-0.4, -0.2) is 32.9 Å². The highest BCUT2D eigenvalue weighted by Gasteiger charge is 2.24. The van der Waals surface area contributed by atoms with Gasteiger partial charge >= 0.3 is 10.1 Å². The number of hydrogen-bond acceptors (Lipinski definition) is 8. The lowest BCUT2D eigenvalue weighted by Gasteiger charge is -2.11.